The zero-order valence-electron chi connectivity index (χ0n) is 15.0. The molecule has 0 aliphatic carbocycles. The largest absolute Gasteiger partial charge is 0.494 e. The third-order valence-corrected chi connectivity index (χ3v) is 4.61. The highest BCUT2D eigenvalue weighted by Crippen LogP contribution is 2.34. The van der Waals surface area contributed by atoms with Crippen LogP contribution in [-0.4, -0.2) is 58.5 Å². The summed E-state index contributed by atoms with van der Waals surface area (Å²) in [5.74, 6) is -0.733. The fourth-order valence-electron chi connectivity index (χ4n) is 3.29. The highest BCUT2D eigenvalue weighted by Gasteiger charge is 2.30. The van der Waals surface area contributed by atoms with Gasteiger partial charge in [-0.05, 0) is 18.1 Å². The summed E-state index contributed by atoms with van der Waals surface area (Å²) < 4.78 is 1.50. The van der Waals surface area contributed by atoms with Crippen LogP contribution in [0.4, 0.5) is 4.79 Å². The number of carbonyl (C=O) groups is 3. The summed E-state index contributed by atoms with van der Waals surface area (Å²) in [5, 5.41) is 14.3. The molecule has 1 unspecified atom stereocenters. The van der Waals surface area contributed by atoms with Crippen LogP contribution in [0.1, 0.15) is 24.4 Å². The summed E-state index contributed by atoms with van der Waals surface area (Å²) in [6.07, 6.45) is 2.29. The van der Waals surface area contributed by atoms with E-state index in [-0.39, 0.29) is 24.2 Å². The Morgan fingerprint density at radius 2 is 2.00 bits per heavy atom. The average molecular weight is 358 g/mol. The first-order chi connectivity index (χ1) is 12.3. The van der Waals surface area contributed by atoms with Crippen molar-refractivity contribution in [2.75, 3.05) is 21.1 Å². The van der Waals surface area contributed by atoms with Crippen LogP contribution in [0.2, 0.25) is 0 Å². The predicted octanol–water partition coefficient (Wildman–Crippen LogP) is 1.44. The van der Waals surface area contributed by atoms with Gasteiger partial charge in [-0.25, -0.2) is 4.79 Å². The number of amides is 4. The van der Waals surface area contributed by atoms with Gasteiger partial charge in [0.15, 0.2) is 5.88 Å². The second kappa shape index (κ2) is 6.70. The standard InChI is InChI=1S/C18H22N4O4/c1-20(2)18(26)21(3)9-11-5-4-6-12-13(11)10-22(17(12)25)14-7-8-15(23)19-16(14)24/h4-6,10,14,25H,7-9H2,1-3H3,(H,19,23,24). The van der Waals surface area contributed by atoms with Gasteiger partial charge in [0.05, 0.1) is 0 Å². The van der Waals surface area contributed by atoms with Crippen LogP contribution in [0.3, 0.4) is 0 Å². The molecular weight excluding hydrogens is 336 g/mol. The lowest BCUT2D eigenvalue weighted by atomic mass is 10.1. The minimum atomic E-state index is -0.630. The van der Waals surface area contributed by atoms with Crippen LogP contribution in [0.5, 0.6) is 5.88 Å². The topological polar surface area (TPSA) is 94.9 Å². The highest BCUT2D eigenvalue weighted by atomic mass is 16.3. The minimum Gasteiger partial charge on any atom is -0.494 e. The molecule has 138 valence electrons. The van der Waals surface area contributed by atoms with Gasteiger partial charge in [-0.15, -0.1) is 0 Å². The quantitative estimate of drug-likeness (QED) is 0.812. The van der Waals surface area contributed by atoms with Crippen LogP contribution in [-0.2, 0) is 16.1 Å². The smallest absolute Gasteiger partial charge is 0.319 e. The van der Waals surface area contributed by atoms with Crippen molar-refractivity contribution in [3.63, 3.8) is 0 Å². The van der Waals surface area contributed by atoms with E-state index in [9.17, 15) is 19.5 Å². The van der Waals surface area contributed by atoms with E-state index < -0.39 is 11.9 Å². The molecule has 4 amide bonds. The van der Waals surface area contributed by atoms with Crippen molar-refractivity contribution in [3.05, 3.63) is 30.0 Å². The van der Waals surface area contributed by atoms with Gasteiger partial charge in [-0.3, -0.25) is 14.9 Å². The molecule has 0 bridgehead atoms. The molecule has 0 spiro atoms. The lowest BCUT2D eigenvalue weighted by Gasteiger charge is -2.22. The maximum Gasteiger partial charge on any atom is 0.319 e. The van der Waals surface area contributed by atoms with E-state index in [0.29, 0.717) is 18.4 Å². The number of hydrogen-bond donors (Lipinski definition) is 2. The fraction of sp³-hybridized carbons (Fsp3) is 0.389. The van der Waals surface area contributed by atoms with Gasteiger partial charge in [-0.2, -0.15) is 0 Å². The number of rotatable bonds is 3. The monoisotopic (exact) mass is 358 g/mol. The van der Waals surface area contributed by atoms with E-state index in [4.69, 9.17) is 0 Å². The number of nitrogens with one attached hydrogen (secondary N) is 1. The number of aromatic hydroxyl groups is 1. The Morgan fingerprint density at radius 3 is 2.65 bits per heavy atom. The Morgan fingerprint density at radius 1 is 1.27 bits per heavy atom. The molecule has 26 heavy (non-hydrogen) atoms. The number of fused-ring (bicyclic) bond motifs is 1. The Hall–Kier alpha value is -3.03. The summed E-state index contributed by atoms with van der Waals surface area (Å²) in [7, 11) is 5.08. The first-order valence-corrected chi connectivity index (χ1v) is 8.37. The highest BCUT2D eigenvalue weighted by molar-refractivity contribution is 6.00. The fourth-order valence-corrected chi connectivity index (χ4v) is 3.29. The molecule has 1 aromatic carbocycles. The summed E-state index contributed by atoms with van der Waals surface area (Å²) >= 11 is 0. The normalized spacial score (nSPS) is 17.3. The molecule has 3 rings (SSSR count). The Balaban J connectivity index is 1.97. The third-order valence-electron chi connectivity index (χ3n) is 4.61. The van der Waals surface area contributed by atoms with Crippen LogP contribution in [0.15, 0.2) is 24.4 Å². The van der Waals surface area contributed by atoms with Gasteiger partial charge in [0.25, 0.3) is 0 Å². The van der Waals surface area contributed by atoms with Gasteiger partial charge >= 0.3 is 6.03 Å². The van der Waals surface area contributed by atoms with Crippen molar-refractivity contribution >= 4 is 28.6 Å². The van der Waals surface area contributed by atoms with Crippen LogP contribution in [0, 0.1) is 0 Å². The molecular formula is C18H22N4O4. The second-order valence-corrected chi connectivity index (χ2v) is 6.74. The van der Waals surface area contributed by atoms with Crippen molar-refractivity contribution in [1.29, 1.82) is 0 Å². The van der Waals surface area contributed by atoms with Crippen molar-refractivity contribution in [1.82, 2.24) is 19.7 Å². The third kappa shape index (κ3) is 3.10. The molecule has 1 aromatic heterocycles. The maximum absolute atomic E-state index is 12.1. The second-order valence-electron chi connectivity index (χ2n) is 6.74. The summed E-state index contributed by atoms with van der Waals surface area (Å²) in [6.45, 7) is 0.368. The number of nitrogens with zero attached hydrogens (tertiary/aromatic N) is 3. The first kappa shape index (κ1) is 17.8. The molecule has 1 saturated heterocycles. The van der Waals surface area contributed by atoms with E-state index >= 15 is 0 Å². The molecule has 8 nitrogen and oxygen atoms in total. The molecule has 1 aliphatic rings. The molecule has 1 fully saturated rings. The SMILES string of the molecule is CN(C)C(=O)N(C)Cc1cccc2c(O)n(C3CCC(=O)NC3=O)cc12. The predicted molar refractivity (Wildman–Crippen MR) is 95.6 cm³/mol. The first-order valence-electron chi connectivity index (χ1n) is 8.37. The average Bonchev–Trinajstić information content (AvgIpc) is 2.92. The summed E-state index contributed by atoms with van der Waals surface area (Å²) in [6, 6.07) is 4.70. The van der Waals surface area contributed by atoms with Crippen molar-refractivity contribution in [2.45, 2.75) is 25.4 Å². The molecule has 8 heteroatoms. The lowest BCUT2D eigenvalue weighted by molar-refractivity contribution is -0.135. The van der Waals surface area contributed by atoms with Crippen LogP contribution < -0.4 is 5.32 Å². The van der Waals surface area contributed by atoms with E-state index in [1.54, 1.807) is 44.4 Å². The maximum atomic E-state index is 12.1. The molecule has 2 aromatic rings. The van der Waals surface area contributed by atoms with Gasteiger partial charge in [0, 0.05) is 51.1 Å². The number of carbonyl (C=O) groups excluding carboxylic acids is 3. The van der Waals surface area contributed by atoms with Gasteiger partial charge in [0.2, 0.25) is 11.8 Å². The number of aromatic nitrogens is 1. The molecule has 0 saturated carbocycles. The number of piperidine rings is 1. The lowest BCUT2D eigenvalue weighted by Crippen LogP contribution is -2.41. The Kier molecular flexibility index (Phi) is 4.58. The van der Waals surface area contributed by atoms with E-state index in [1.165, 1.54) is 9.47 Å². The van der Waals surface area contributed by atoms with Gasteiger partial charge in [-0.1, -0.05) is 12.1 Å². The van der Waals surface area contributed by atoms with E-state index in [2.05, 4.69) is 5.32 Å². The minimum absolute atomic E-state index is 0.0158. The molecule has 2 N–H and O–H groups in total. The zero-order chi connectivity index (χ0) is 19.0. The molecule has 2 heterocycles. The van der Waals surface area contributed by atoms with Crippen molar-refractivity contribution in [3.8, 4) is 5.88 Å². The zero-order valence-corrected chi connectivity index (χ0v) is 15.0. The van der Waals surface area contributed by atoms with Crippen molar-refractivity contribution < 1.29 is 19.5 Å². The Labute approximate surface area is 151 Å². The number of hydrogen-bond acceptors (Lipinski definition) is 4. The number of imide groups is 1. The number of benzene rings is 1. The van der Waals surface area contributed by atoms with Crippen LogP contribution in [0.25, 0.3) is 10.8 Å². The van der Waals surface area contributed by atoms with Gasteiger partial charge in [0.1, 0.15) is 6.04 Å². The molecule has 1 atom stereocenters. The molecule has 1 aliphatic heterocycles. The summed E-state index contributed by atoms with van der Waals surface area (Å²) in [5.41, 5.74) is 0.863. The van der Waals surface area contributed by atoms with Gasteiger partial charge < -0.3 is 19.5 Å². The molecule has 0 radical (unpaired) electrons. The van der Waals surface area contributed by atoms with Crippen LogP contribution >= 0.6 is 0 Å². The van der Waals surface area contributed by atoms with Crippen molar-refractivity contribution in [2.24, 2.45) is 0 Å². The Bertz CT molecular complexity index is 887. The van der Waals surface area contributed by atoms with E-state index in [1.807, 2.05) is 6.07 Å². The summed E-state index contributed by atoms with van der Waals surface area (Å²) in [4.78, 5) is 38.7. The van der Waals surface area contributed by atoms with E-state index in [0.717, 1.165) is 10.9 Å². The number of urea groups is 1.